The Morgan fingerprint density at radius 2 is 2.00 bits per heavy atom. The fraction of sp³-hybridized carbons (Fsp3) is 1.00. The van der Waals surface area contributed by atoms with Crippen molar-refractivity contribution in [2.75, 3.05) is 6.61 Å². The van der Waals surface area contributed by atoms with Crippen molar-refractivity contribution in [1.29, 1.82) is 0 Å². The zero-order valence-corrected chi connectivity index (χ0v) is 7.26. The molecule has 0 aliphatic carbocycles. The highest BCUT2D eigenvalue weighted by atomic mass is 19.4. The van der Waals surface area contributed by atoms with Crippen LogP contribution in [-0.2, 0) is 9.47 Å². The van der Waals surface area contributed by atoms with Gasteiger partial charge in [0.15, 0.2) is 11.9 Å². The average Bonchev–Trinajstić information content (AvgIpc) is 2.26. The van der Waals surface area contributed by atoms with Crippen LogP contribution in [0.1, 0.15) is 13.8 Å². The van der Waals surface area contributed by atoms with Crippen molar-refractivity contribution in [2.45, 2.75) is 38.0 Å². The van der Waals surface area contributed by atoms with Crippen molar-refractivity contribution >= 4 is 0 Å². The Morgan fingerprint density at radius 3 is 2.31 bits per heavy atom. The number of aliphatic hydroxyl groups is 1. The Hall–Kier alpha value is -0.330. The van der Waals surface area contributed by atoms with E-state index in [0.717, 1.165) is 0 Å². The molecule has 0 bridgehead atoms. The van der Waals surface area contributed by atoms with Gasteiger partial charge in [0.25, 0.3) is 0 Å². The summed E-state index contributed by atoms with van der Waals surface area (Å²) in [5, 5.41) is 8.79. The van der Waals surface area contributed by atoms with E-state index in [1.807, 2.05) is 0 Å². The van der Waals surface area contributed by atoms with Crippen LogP contribution < -0.4 is 0 Å². The Kier molecular flexibility index (Phi) is 2.57. The molecule has 1 saturated heterocycles. The standard InChI is InChI=1S/C7H11F3O3/c1-6(2)12-3-4(13-6)5(11)7(8,9)10/h4-5,11H,3H2,1-2H3. The number of hydrogen-bond acceptors (Lipinski definition) is 3. The van der Waals surface area contributed by atoms with E-state index >= 15 is 0 Å². The summed E-state index contributed by atoms with van der Waals surface area (Å²) in [6, 6.07) is 0. The molecule has 6 heteroatoms. The Balaban J connectivity index is 2.57. The highest BCUT2D eigenvalue weighted by molar-refractivity contribution is 4.81. The quantitative estimate of drug-likeness (QED) is 0.687. The maximum absolute atomic E-state index is 12.0. The lowest BCUT2D eigenvalue weighted by Crippen LogP contribution is -2.41. The second-order valence-electron chi connectivity index (χ2n) is 3.35. The molecule has 1 heterocycles. The summed E-state index contributed by atoms with van der Waals surface area (Å²) < 4.78 is 45.6. The average molecular weight is 200 g/mol. The highest BCUT2D eigenvalue weighted by Crippen LogP contribution is 2.31. The number of hydrogen-bond donors (Lipinski definition) is 1. The molecule has 3 nitrogen and oxygen atoms in total. The van der Waals surface area contributed by atoms with Gasteiger partial charge in [-0.15, -0.1) is 0 Å². The number of rotatable bonds is 1. The highest BCUT2D eigenvalue weighted by Gasteiger charge is 2.49. The summed E-state index contributed by atoms with van der Waals surface area (Å²) in [5.41, 5.74) is 0. The van der Waals surface area contributed by atoms with Gasteiger partial charge in [-0.25, -0.2) is 0 Å². The van der Waals surface area contributed by atoms with Crippen LogP contribution >= 0.6 is 0 Å². The molecule has 0 saturated carbocycles. The Bertz CT molecular complexity index is 190. The molecule has 0 amide bonds. The van der Waals surface area contributed by atoms with Gasteiger partial charge in [-0.2, -0.15) is 13.2 Å². The van der Waals surface area contributed by atoms with Crippen LogP contribution in [0.15, 0.2) is 0 Å². The third kappa shape index (κ3) is 2.55. The fourth-order valence-corrected chi connectivity index (χ4v) is 1.08. The molecule has 1 aliphatic heterocycles. The van der Waals surface area contributed by atoms with E-state index in [2.05, 4.69) is 0 Å². The minimum absolute atomic E-state index is 0.242. The molecule has 0 aromatic heterocycles. The first-order valence-corrected chi connectivity index (χ1v) is 3.79. The zero-order chi connectivity index (χ0) is 10.3. The smallest absolute Gasteiger partial charge is 0.381 e. The second kappa shape index (κ2) is 3.11. The normalized spacial score (nSPS) is 30.5. The molecule has 1 aliphatic rings. The van der Waals surface area contributed by atoms with Gasteiger partial charge in [0, 0.05) is 0 Å². The fourth-order valence-electron chi connectivity index (χ4n) is 1.08. The van der Waals surface area contributed by atoms with E-state index in [1.54, 1.807) is 0 Å². The predicted molar refractivity (Wildman–Crippen MR) is 37.0 cm³/mol. The van der Waals surface area contributed by atoms with Crippen molar-refractivity contribution in [2.24, 2.45) is 0 Å². The van der Waals surface area contributed by atoms with Gasteiger partial charge in [-0.05, 0) is 13.8 Å². The first kappa shape index (κ1) is 10.7. The van der Waals surface area contributed by atoms with Crippen LogP contribution in [0.4, 0.5) is 13.2 Å². The summed E-state index contributed by atoms with van der Waals surface area (Å²) in [6.07, 6.45) is -8.46. The molecule has 0 radical (unpaired) electrons. The van der Waals surface area contributed by atoms with Crippen molar-refractivity contribution in [3.63, 3.8) is 0 Å². The van der Waals surface area contributed by atoms with Crippen LogP contribution in [-0.4, -0.2) is 35.9 Å². The van der Waals surface area contributed by atoms with Gasteiger partial charge >= 0.3 is 6.18 Å². The third-order valence-electron chi connectivity index (χ3n) is 1.72. The van der Waals surface area contributed by atoms with E-state index in [9.17, 15) is 13.2 Å². The van der Waals surface area contributed by atoms with E-state index in [1.165, 1.54) is 13.8 Å². The van der Waals surface area contributed by atoms with Crippen molar-refractivity contribution in [1.82, 2.24) is 0 Å². The molecule has 13 heavy (non-hydrogen) atoms. The molecule has 78 valence electrons. The van der Waals surface area contributed by atoms with Gasteiger partial charge in [0.05, 0.1) is 6.61 Å². The van der Waals surface area contributed by atoms with Gasteiger partial charge in [-0.3, -0.25) is 0 Å². The first-order valence-electron chi connectivity index (χ1n) is 3.79. The maximum atomic E-state index is 12.0. The lowest BCUT2D eigenvalue weighted by Gasteiger charge is -2.21. The first-order chi connectivity index (χ1) is 5.72. The van der Waals surface area contributed by atoms with Gasteiger partial charge in [0.2, 0.25) is 0 Å². The molecule has 2 unspecified atom stereocenters. The molecular formula is C7H11F3O3. The molecule has 1 fully saturated rings. The van der Waals surface area contributed by atoms with Crippen LogP contribution in [0.5, 0.6) is 0 Å². The van der Waals surface area contributed by atoms with Crippen LogP contribution in [0.2, 0.25) is 0 Å². The molecule has 2 atom stereocenters. The number of ether oxygens (including phenoxy) is 2. The minimum Gasteiger partial charge on any atom is -0.381 e. The molecule has 0 aromatic rings. The van der Waals surface area contributed by atoms with Crippen molar-refractivity contribution < 1.29 is 27.8 Å². The number of halogens is 3. The molecule has 0 aromatic carbocycles. The summed E-state index contributed by atoms with van der Waals surface area (Å²) in [5.74, 6) is -1.04. The van der Waals surface area contributed by atoms with Crippen LogP contribution in [0.25, 0.3) is 0 Å². The van der Waals surface area contributed by atoms with Crippen LogP contribution in [0.3, 0.4) is 0 Å². The minimum atomic E-state index is -4.66. The predicted octanol–water partition coefficient (Wildman–Crippen LogP) is 1.06. The van der Waals surface area contributed by atoms with Gasteiger partial charge < -0.3 is 14.6 Å². The number of alkyl halides is 3. The maximum Gasteiger partial charge on any atom is 0.417 e. The van der Waals surface area contributed by atoms with Crippen molar-refractivity contribution in [3.05, 3.63) is 0 Å². The van der Waals surface area contributed by atoms with Crippen molar-refractivity contribution in [3.8, 4) is 0 Å². The van der Waals surface area contributed by atoms with Gasteiger partial charge in [0.1, 0.15) is 6.10 Å². The SMILES string of the molecule is CC1(C)OCC(C(O)C(F)(F)F)O1. The zero-order valence-electron chi connectivity index (χ0n) is 7.26. The molecule has 1 N–H and O–H groups in total. The lowest BCUT2D eigenvalue weighted by molar-refractivity contribution is -0.241. The Labute approximate surface area is 73.4 Å². The number of aliphatic hydroxyl groups excluding tert-OH is 1. The monoisotopic (exact) mass is 200 g/mol. The summed E-state index contributed by atoms with van der Waals surface area (Å²) in [6.45, 7) is 2.75. The van der Waals surface area contributed by atoms with E-state index < -0.39 is 24.2 Å². The van der Waals surface area contributed by atoms with E-state index in [4.69, 9.17) is 14.6 Å². The molecule has 1 rings (SSSR count). The second-order valence-corrected chi connectivity index (χ2v) is 3.35. The molecule has 0 spiro atoms. The van der Waals surface area contributed by atoms with Crippen LogP contribution in [0, 0.1) is 0 Å². The third-order valence-corrected chi connectivity index (χ3v) is 1.72. The summed E-state index contributed by atoms with van der Waals surface area (Å²) in [7, 11) is 0. The van der Waals surface area contributed by atoms with E-state index in [-0.39, 0.29) is 6.61 Å². The summed E-state index contributed by atoms with van der Waals surface area (Å²) in [4.78, 5) is 0. The largest absolute Gasteiger partial charge is 0.417 e. The Morgan fingerprint density at radius 1 is 1.46 bits per heavy atom. The summed E-state index contributed by atoms with van der Waals surface area (Å²) >= 11 is 0. The van der Waals surface area contributed by atoms with Gasteiger partial charge in [-0.1, -0.05) is 0 Å². The topological polar surface area (TPSA) is 38.7 Å². The van der Waals surface area contributed by atoms with E-state index in [0.29, 0.717) is 0 Å². The lowest BCUT2D eigenvalue weighted by atomic mass is 10.2. The molecular weight excluding hydrogens is 189 g/mol.